The third kappa shape index (κ3) is 4.80. The van der Waals surface area contributed by atoms with Gasteiger partial charge in [0.25, 0.3) is 5.91 Å². The molecule has 0 aromatic heterocycles. The summed E-state index contributed by atoms with van der Waals surface area (Å²) < 4.78 is 30.5. The quantitative estimate of drug-likeness (QED) is 0.718. The first-order valence-electron chi connectivity index (χ1n) is 5.45. The van der Waals surface area contributed by atoms with Gasteiger partial charge in [0.15, 0.2) is 6.61 Å². The number of hydrogen-bond donors (Lipinski definition) is 2. The van der Waals surface area contributed by atoms with E-state index in [-0.39, 0.29) is 4.90 Å². The number of halogens is 1. The van der Waals surface area contributed by atoms with Gasteiger partial charge in [-0.2, -0.15) is 4.72 Å². The lowest BCUT2D eigenvalue weighted by molar-refractivity contribution is -0.149. The summed E-state index contributed by atoms with van der Waals surface area (Å²) in [5.74, 6) is -1.73. The molecule has 9 heteroatoms. The van der Waals surface area contributed by atoms with Crippen molar-refractivity contribution in [3.05, 3.63) is 29.3 Å². The summed E-state index contributed by atoms with van der Waals surface area (Å²) in [6.45, 7) is 0.683. The van der Waals surface area contributed by atoms with Gasteiger partial charge in [0.1, 0.15) is 6.04 Å². The molecule has 20 heavy (non-hydrogen) atoms. The van der Waals surface area contributed by atoms with Gasteiger partial charge >= 0.3 is 5.97 Å². The van der Waals surface area contributed by atoms with Gasteiger partial charge in [-0.25, -0.2) is 8.42 Å². The van der Waals surface area contributed by atoms with Crippen LogP contribution in [-0.2, 0) is 24.3 Å². The predicted molar refractivity (Wildman–Crippen MR) is 71.4 cm³/mol. The number of primary amides is 1. The van der Waals surface area contributed by atoms with Crippen molar-refractivity contribution in [2.24, 2.45) is 5.73 Å². The Morgan fingerprint density at radius 1 is 1.35 bits per heavy atom. The molecule has 0 bridgehead atoms. The van der Waals surface area contributed by atoms with Crippen molar-refractivity contribution >= 4 is 33.5 Å². The summed E-state index contributed by atoms with van der Waals surface area (Å²) in [5, 5.41) is 0.387. The molecule has 1 rings (SSSR count). The van der Waals surface area contributed by atoms with Crippen LogP contribution in [0.1, 0.15) is 6.92 Å². The van der Waals surface area contributed by atoms with Gasteiger partial charge in [-0.15, -0.1) is 0 Å². The topological polar surface area (TPSA) is 116 Å². The molecule has 0 saturated heterocycles. The van der Waals surface area contributed by atoms with E-state index in [1.807, 2.05) is 0 Å². The highest BCUT2D eigenvalue weighted by atomic mass is 35.5. The monoisotopic (exact) mass is 320 g/mol. The summed E-state index contributed by atoms with van der Waals surface area (Å²) in [6.07, 6.45) is 0. The molecular formula is C11H13ClN2O5S. The lowest BCUT2D eigenvalue weighted by Gasteiger charge is -2.13. The molecule has 1 aromatic carbocycles. The van der Waals surface area contributed by atoms with E-state index in [4.69, 9.17) is 17.3 Å². The molecule has 7 nitrogen and oxygen atoms in total. The number of esters is 1. The molecule has 0 saturated carbocycles. The Hall–Kier alpha value is -1.64. The first-order valence-corrected chi connectivity index (χ1v) is 7.31. The highest BCUT2D eigenvalue weighted by Gasteiger charge is 2.23. The third-order valence-electron chi connectivity index (χ3n) is 2.17. The van der Waals surface area contributed by atoms with E-state index in [2.05, 4.69) is 9.46 Å². The summed E-state index contributed by atoms with van der Waals surface area (Å²) in [7, 11) is -3.89. The SMILES string of the molecule is C[C@@H](NS(=O)(=O)c1ccc(Cl)cc1)C(=O)OCC(N)=O. The van der Waals surface area contributed by atoms with Crippen molar-refractivity contribution in [2.45, 2.75) is 17.9 Å². The number of carbonyl (C=O) groups is 2. The van der Waals surface area contributed by atoms with Crippen LogP contribution in [0.4, 0.5) is 0 Å². The van der Waals surface area contributed by atoms with Crippen molar-refractivity contribution in [1.29, 1.82) is 0 Å². The number of carbonyl (C=O) groups excluding carboxylic acids is 2. The minimum atomic E-state index is -3.89. The molecule has 110 valence electrons. The molecule has 1 aromatic rings. The maximum atomic E-state index is 11.9. The average molecular weight is 321 g/mol. The van der Waals surface area contributed by atoms with Crippen LogP contribution in [0.15, 0.2) is 29.2 Å². The van der Waals surface area contributed by atoms with Crippen LogP contribution in [0.5, 0.6) is 0 Å². The van der Waals surface area contributed by atoms with Crippen LogP contribution in [0, 0.1) is 0 Å². The highest BCUT2D eigenvalue weighted by Crippen LogP contribution is 2.14. The van der Waals surface area contributed by atoms with Gasteiger partial charge in [-0.05, 0) is 31.2 Å². The van der Waals surface area contributed by atoms with Gasteiger partial charge in [-0.3, -0.25) is 9.59 Å². The molecule has 1 atom stereocenters. The van der Waals surface area contributed by atoms with E-state index in [1.54, 1.807) is 0 Å². The van der Waals surface area contributed by atoms with Gasteiger partial charge in [-0.1, -0.05) is 11.6 Å². The van der Waals surface area contributed by atoms with Gasteiger partial charge in [0.2, 0.25) is 10.0 Å². The van der Waals surface area contributed by atoms with E-state index < -0.39 is 34.5 Å². The standard InChI is InChI=1S/C11H13ClN2O5S/c1-7(11(16)19-6-10(13)15)14-20(17,18)9-4-2-8(12)3-5-9/h2-5,7,14H,6H2,1H3,(H2,13,15)/t7-/m1/s1. The van der Waals surface area contributed by atoms with E-state index in [0.717, 1.165) is 0 Å². The summed E-state index contributed by atoms with van der Waals surface area (Å²) in [5.41, 5.74) is 4.81. The van der Waals surface area contributed by atoms with Crippen molar-refractivity contribution in [3.63, 3.8) is 0 Å². The Labute approximate surface area is 121 Å². The second-order valence-corrected chi connectivity index (χ2v) is 6.02. The fourth-order valence-electron chi connectivity index (χ4n) is 1.23. The number of amides is 1. The fraction of sp³-hybridized carbons (Fsp3) is 0.273. The van der Waals surface area contributed by atoms with Crippen LogP contribution in [-0.4, -0.2) is 32.9 Å². The highest BCUT2D eigenvalue weighted by molar-refractivity contribution is 7.89. The number of sulfonamides is 1. The number of ether oxygens (including phenoxy) is 1. The predicted octanol–water partition coefficient (Wildman–Crippen LogP) is 0.0353. The van der Waals surface area contributed by atoms with Crippen LogP contribution in [0.2, 0.25) is 5.02 Å². The molecule has 0 aliphatic carbocycles. The second-order valence-electron chi connectivity index (χ2n) is 3.87. The van der Waals surface area contributed by atoms with E-state index in [9.17, 15) is 18.0 Å². The van der Waals surface area contributed by atoms with Crippen LogP contribution < -0.4 is 10.5 Å². The molecule has 1 amide bonds. The molecule has 0 unspecified atom stereocenters. The minimum absolute atomic E-state index is 0.0450. The van der Waals surface area contributed by atoms with E-state index >= 15 is 0 Å². The normalized spacial score (nSPS) is 12.7. The van der Waals surface area contributed by atoms with Gasteiger partial charge in [0.05, 0.1) is 4.90 Å². The molecule has 0 heterocycles. The van der Waals surface area contributed by atoms with Crippen molar-refractivity contribution in [3.8, 4) is 0 Å². The van der Waals surface area contributed by atoms with Gasteiger partial charge < -0.3 is 10.5 Å². The zero-order valence-electron chi connectivity index (χ0n) is 10.5. The number of nitrogens with one attached hydrogen (secondary N) is 1. The average Bonchev–Trinajstić information content (AvgIpc) is 2.35. The number of nitrogens with two attached hydrogens (primary N) is 1. The number of benzene rings is 1. The van der Waals surface area contributed by atoms with Crippen LogP contribution in [0.25, 0.3) is 0 Å². The smallest absolute Gasteiger partial charge is 0.324 e. The Balaban J connectivity index is 2.73. The Bertz CT molecular complexity index is 600. The summed E-state index contributed by atoms with van der Waals surface area (Å²) in [4.78, 5) is 21.8. The molecule has 0 aliphatic heterocycles. The van der Waals surface area contributed by atoms with Gasteiger partial charge in [0, 0.05) is 5.02 Å². The van der Waals surface area contributed by atoms with E-state index in [1.165, 1.54) is 31.2 Å². The van der Waals surface area contributed by atoms with Crippen molar-refractivity contribution in [2.75, 3.05) is 6.61 Å². The maximum absolute atomic E-state index is 11.9. The zero-order valence-corrected chi connectivity index (χ0v) is 12.1. The lowest BCUT2D eigenvalue weighted by Crippen LogP contribution is -2.40. The Morgan fingerprint density at radius 3 is 2.40 bits per heavy atom. The maximum Gasteiger partial charge on any atom is 0.324 e. The number of hydrogen-bond acceptors (Lipinski definition) is 5. The summed E-state index contributed by atoms with van der Waals surface area (Å²) >= 11 is 5.66. The minimum Gasteiger partial charge on any atom is -0.454 e. The van der Waals surface area contributed by atoms with Crippen molar-refractivity contribution in [1.82, 2.24) is 4.72 Å². The first kappa shape index (κ1) is 16.4. The molecule has 0 radical (unpaired) electrons. The second kappa shape index (κ2) is 6.69. The molecule has 0 aliphatic rings. The Kier molecular flexibility index (Phi) is 5.49. The zero-order chi connectivity index (χ0) is 15.3. The molecule has 0 fully saturated rings. The fourth-order valence-corrected chi connectivity index (χ4v) is 2.55. The lowest BCUT2D eigenvalue weighted by atomic mass is 10.4. The molecular weight excluding hydrogens is 308 g/mol. The van der Waals surface area contributed by atoms with Crippen molar-refractivity contribution < 1.29 is 22.7 Å². The van der Waals surface area contributed by atoms with E-state index in [0.29, 0.717) is 5.02 Å². The third-order valence-corrected chi connectivity index (χ3v) is 3.97. The largest absolute Gasteiger partial charge is 0.454 e. The summed E-state index contributed by atoms with van der Waals surface area (Å²) in [6, 6.07) is 4.26. The molecule has 0 spiro atoms. The Morgan fingerprint density at radius 2 is 1.90 bits per heavy atom. The first-order chi connectivity index (χ1) is 9.22. The number of rotatable bonds is 6. The molecule has 3 N–H and O–H groups in total. The van der Waals surface area contributed by atoms with Crippen LogP contribution in [0.3, 0.4) is 0 Å². The van der Waals surface area contributed by atoms with Crippen LogP contribution >= 0.6 is 11.6 Å².